The highest BCUT2D eigenvalue weighted by Crippen LogP contribution is 2.27. The van der Waals surface area contributed by atoms with Crippen LogP contribution in [0.1, 0.15) is 6.92 Å². The number of hydrogen-bond acceptors (Lipinski definition) is 8. The molecule has 0 unspecified atom stereocenters. The van der Waals surface area contributed by atoms with Crippen LogP contribution in [0.25, 0.3) is 22.1 Å². The van der Waals surface area contributed by atoms with E-state index in [0.717, 1.165) is 34.3 Å². The highest BCUT2D eigenvalue weighted by Gasteiger charge is 2.22. The van der Waals surface area contributed by atoms with Gasteiger partial charge in [-0.15, -0.1) is 10.2 Å². The summed E-state index contributed by atoms with van der Waals surface area (Å²) in [4.78, 5) is 31.9. The van der Waals surface area contributed by atoms with Crippen LogP contribution in [0.15, 0.2) is 53.7 Å². The van der Waals surface area contributed by atoms with E-state index in [4.69, 9.17) is 4.98 Å². The molecule has 0 saturated carbocycles. The Bertz CT molecular complexity index is 1360. The van der Waals surface area contributed by atoms with Crippen molar-refractivity contribution < 1.29 is 9.72 Å². The predicted molar refractivity (Wildman–Crippen MR) is 131 cm³/mol. The Labute approximate surface area is 199 Å². The minimum absolute atomic E-state index is 0.0353. The van der Waals surface area contributed by atoms with Crippen LogP contribution < -0.4 is 4.90 Å². The number of carbonyl (C=O) groups excluding carboxylic acids is 1. The lowest BCUT2D eigenvalue weighted by Gasteiger charge is -2.36. The van der Waals surface area contributed by atoms with Gasteiger partial charge in [-0.3, -0.25) is 14.9 Å². The standard InChI is InChI=1S/C23H23N7O3S/c1-2-29-19-6-4-3-5-18(19)21-22(29)24-23(26-25-21)34-15-20(31)28-13-11-27(12-14-28)16-7-9-17(10-8-16)30(32)33/h3-10H,2,11-15H2,1H3. The van der Waals surface area contributed by atoms with Crippen molar-refractivity contribution in [3.05, 3.63) is 58.6 Å². The largest absolute Gasteiger partial charge is 0.368 e. The molecular formula is C23H23N7O3S. The number of piperazine rings is 1. The number of nitro groups is 1. The quantitative estimate of drug-likeness (QED) is 0.236. The van der Waals surface area contributed by atoms with Crippen molar-refractivity contribution >= 4 is 51.1 Å². The number of nitrogens with zero attached hydrogens (tertiary/aromatic N) is 7. The number of nitro benzene ring substituents is 1. The van der Waals surface area contributed by atoms with Crippen LogP contribution in [0.3, 0.4) is 0 Å². The summed E-state index contributed by atoms with van der Waals surface area (Å²) in [5, 5.41) is 21.0. The molecule has 0 atom stereocenters. The van der Waals surface area contributed by atoms with Gasteiger partial charge in [-0.2, -0.15) is 0 Å². The van der Waals surface area contributed by atoms with Crippen molar-refractivity contribution in [2.75, 3.05) is 36.8 Å². The first-order valence-corrected chi connectivity index (χ1v) is 12.1. The number of non-ortho nitro benzene ring substituents is 1. The van der Waals surface area contributed by atoms with E-state index >= 15 is 0 Å². The average Bonchev–Trinajstić information content (AvgIpc) is 3.20. The summed E-state index contributed by atoms with van der Waals surface area (Å²) in [6.07, 6.45) is 0. The first kappa shape index (κ1) is 22.1. The molecule has 11 heteroatoms. The third kappa shape index (κ3) is 4.14. The van der Waals surface area contributed by atoms with Crippen LogP contribution in [0.5, 0.6) is 0 Å². The van der Waals surface area contributed by atoms with E-state index in [1.807, 2.05) is 23.1 Å². The summed E-state index contributed by atoms with van der Waals surface area (Å²) in [5.41, 5.74) is 3.63. The van der Waals surface area contributed by atoms with Gasteiger partial charge in [-0.05, 0) is 25.1 Å². The SMILES string of the molecule is CCn1c2ccccc2c2nnc(SCC(=O)N3CCN(c4ccc([N+](=O)[O-])cc4)CC3)nc21. The summed E-state index contributed by atoms with van der Waals surface area (Å²) in [6, 6.07) is 14.6. The summed E-state index contributed by atoms with van der Waals surface area (Å²) in [6.45, 7) is 5.38. The number of aromatic nitrogens is 4. The fourth-order valence-electron chi connectivity index (χ4n) is 4.29. The molecule has 0 aliphatic carbocycles. The van der Waals surface area contributed by atoms with Crippen LogP contribution in [-0.2, 0) is 11.3 Å². The van der Waals surface area contributed by atoms with Crippen LogP contribution in [0, 0.1) is 10.1 Å². The number of aryl methyl sites for hydroxylation is 1. The Morgan fingerprint density at radius 2 is 1.79 bits per heavy atom. The molecule has 5 rings (SSSR count). The molecule has 174 valence electrons. The van der Waals surface area contributed by atoms with E-state index in [1.54, 1.807) is 12.1 Å². The Hall–Kier alpha value is -3.73. The molecule has 1 amide bonds. The zero-order valence-electron chi connectivity index (χ0n) is 18.6. The number of para-hydroxylation sites is 1. The number of carbonyl (C=O) groups is 1. The number of anilines is 1. The molecule has 1 saturated heterocycles. The second-order valence-corrected chi connectivity index (χ2v) is 8.90. The number of amides is 1. The molecule has 10 nitrogen and oxygen atoms in total. The molecule has 34 heavy (non-hydrogen) atoms. The van der Waals surface area contributed by atoms with E-state index in [9.17, 15) is 14.9 Å². The van der Waals surface area contributed by atoms with Crippen molar-refractivity contribution in [2.45, 2.75) is 18.6 Å². The number of thioether (sulfide) groups is 1. The fraction of sp³-hybridized carbons (Fsp3) is 0.304. The molecule has 4 aromatic rings. The molecule has 0 bridgehead atoms. The van der Waals surface area contributed by atoms with Crippen molar-refractivity contribution in [3.63, 3.8) is 0 Å². The van der Waals surface area contributed by atoms with Gasteiger partial charge in [0, 0.05) is 55.9 Å². The average molecular weight is 478 g/mol. The summed E-state index contributed by atoms with van der Waals surface area (Å²) < 4.78 is 2.11. The van der Waals surface area contributed by atoms with Crippen molar-refractivity contribution in [2.24, 2.45) is 0 Å². The summed E-state index contributed by atoms with van der Waals surface area (Å²) in [5.74, 6) is 0.282. The predicted octanol–water partition coefficient (Wildman–Crippen LogP) is 3.35. The monoisotopic (exact) mass is 477 g/mol. The molecular weight excluding hydrogens is 454 g/mol. The van der Waals surface area contributed by atoms with Gasteiger partial charge in [0.05, 0.1) is 16.2 Å². The third-order valence-corrected chi connectivity index (χ3v) is 6.88. The van der Waals surface area contributed by atoms with Gasteiger partial charge in [-0.25, -0.2) is 4.98 Å². The lowest BCUT2D eigenvalue weighted by molar-refractivity contribution is -0.384. The Morgan fingerprint density at radius 1 is 1.06 bits per heavy atom. The Balaban J connectivity index is 1.21. The smallest absolute Gasteiger partial charge is 0.269 e. The van der Waals surface area contributed by atoms with Crippen LogP contribution >= 0.6 is 11.8 Å². The minimum Gasteiger partial charge on any atom is -0.368 e. The van der Waals surface area contributed by atoms with E-state index in [-0.39, 0.29) is 17.3 Å². The fourth-order valence-corrected chi connectivity index (χ4v) is 4.97. The van der Waals surface area contributed by atoms with Crippen LogP contribution in [0.2, 0.25) is 0 Å². The van der Waals surface area contributed by atoms with Crippen molar-refractivity contribution in [1.29, 1.82) is 0 Å². The highest BCUT2D eigenvalue weighted by atomic mass is 32.2. The lowest BCUT2D eigenvalue weighted by atomic mass is 10.2. The summed E-state index contributed by atoms with van der Waals surface area (Å²) in [7, 11) is 0. The Kier molecular flexibility index (Phi) is 6.01. The van der Waals surface area contributed by atoms with Gasteiger partial charge in [0.2, 0.25) is 11.1 Å². The first-order chi connectivity index (χ1) is 16.5. The Morgan fingerprint density at radius 3 is 2.50 bits per heavy atom. The van der Waals surface area contributed by atoms with Crippen LogP contribution in [-0.4, -0.2) is 67.4 Å². The molecule has 2 aromatic carbocycles. The zero-order chi connectivity index (χ0) is 23.7. The van der Waals surface area contributed by atoms with Crippen molar-refractivity contribution in [1.82, 2.24) is 24.6 Å². The molecule has 0 radical (unpaired) electrons. The number of hydrogen-bond donors (Lipinski definition) is 0. The van der Waals surface area contributed by atoms with Crippen molar-refractivity contribution in [3.8, 4) is 0 Å². The normalized spacial score (nSPS) is 14.1. The van der Waals surface area contributed by atoms with E-state index in [1.165, 1.54) is 23.9 Å². The van der Waals surface area contributed by atoms with Gasteiger partial charge in [0.1, 0.15) is 5.52 Å². The minimum atomic E-state index is -0.406. The highest BCUT2D eigenvalue weighted by molar-refractivity contribution is 7.99. The second-order valence-electron chi connectivity index (χ2n) is 7.96. The zero-order valence-corrected chi connectivity index (χ0v) is 19.4. The molecule has 0 spiro atoms. The number of fused-ring (bicyclic) bond motifs is 3. The molecule has 0 N–H and O–H groups in total. The van der Waals surface area contributed by atoms with Crippen LogP contribution in [0.4, 0.5) is 11.4 Å². The number of rotatable bonds is 6. The second kappa shape index (κ2) is 9.26. The van der Waals surface area contributed by atoms with E-state index in [0.29, 0.717) is 31.3 Å². The third-order valence-electron chi connectivity index (χ3n) is 6.05. The van der Waals surface area contributed by atoms with Gasteiger partial charge < -0.3 is 14.4 Å². The summed E-state index contributed by atoms with van der Waals surface area (Å²) >= 11 is 1.30. The number of benzene rings is 2. The van der Waals surface area contributed by atoms with Gasteiger partial charge >= 0.3 is 0 Å². The van der Waals surface area contributed by atoms with E-state index in [2.05, 4.69) is 32.7 Å². The molecule has 2 aromatic heterocycles. The maximum atomic E-state index is 12.8. The van der Waals surface area contributed by atoms with Gasteiger partial charge in [0.15, 0.2) is 5.65 Å². The molecule has 1 aliphatic rings. The molecule has 1 fully saturated rings. The topological polar surface area (TPSA) is 110 Å². The van der Waals surface area contributed by atoms with E-state index < -0.39 is 4.92 Å². The molecule has 1 aliphatic heterocycles. The first-order valence-electron chi connectivity index (χ1n) is 11.1. The maximum Gasteiger partial charge on any atom is 0.269 e. The van der Waals surface area contributed by atoms with Gasteiger partial charge in [0.25, 0.3) is 5.69 Å². The molecule has 3 heterocycles. The van der Waals surface area contributed by atoms with Gasteiger partial charge in [-0.1, -0.05) is 30.0 Å². The maximum absolute atomic E-state index is 12.8. The lowest BCUT2D eigenvalue weighted by Crippen LogP contribution is -2.49.